The third-order valence-electron chi connectivity index (χ3n) is 4.93. The van der Waals surface area contributed by atoms with E-state index in [1.165, 1.54) is 5.56 Å². The van der Waals surface area contributed by atoms with Gasteiger partial charge >= 0.3 is 0 Å². The summed E-state index contributed by atoms with van der Waals surface area (Å²) in [6.07, 6.45) is 0.789. The van der Waals surface area contributed by atoms with Crippen molar-refractivity contribution < 1.29 is 17.9 Å². The second kappa shape index (κ2) is 7.73. The normalized spacial score (nSPS) is 20.4. The van der Waals surface area contributed by atoms with Gasteiger partial charge in [0.1, 0.15) is 0 Å². The molecule has 0 aromatic heterocycles. The topological polar surface area (TPSA) is 55.8 Å². The summed E-state index contributed by atoms with van der Waals surface area (Å²) in [6.45, 7) is 3.36. The first-order valence-corrected chi connectivity index (χ1v) is 11.7. The summed E-state index contributed by atoms with van der Waals surface area (Å²) in [5.74, 6) is 2.40. The van der Waals surface area contributed by atoms with Crippen LogP contribution in [-0.4, -0.2) is 38.4 Å². The predicted octanol–water partition coefficient (Wildman–Crippen LogP) is 3.73. The van der Waals surface area contributed by atoms with Crippen molar-refractivity contribution in [1.82, 2.24) is 4.31 Å². The number of rotatable bonds is 4. The molecule has 4 rings (SSSR count). The summed E-state index contributed by atoms with van der Waals surface area (Å²) >= 11 is 1.81. The first kappa shape index (κ1) is 18.7. The number of benzene rings is 2. The van der Waals surface area contributed by atoms with Crippen LogP contribution in [0, 0.1) is 6.92 Å². The Morgan fingerprint density at radius 2 is 1.85 bits per heavy atom. The Bertz CT molecular complexity index is 912. The number of hydrogen-bond donors (Lipinski definition) is 0. The fourth-order valence-corrected chi connectivity index (χ4v) is 6.28. The number of fused-ring (bicyclic) bond motifs is 1. The van der Waals surface area contributed by atoms with Crippen LogP contribution in [-0.2, 0) is 15.8 Å². The molecule has 2 heterocycles. The van der Waals surface area contributed by atoms with Gasteiger partial charge in [0.15, 0.2) is 11.5 Å². The number of sulfonamides is 1. The lowest BCUT2D eigenvalue weighted by Gasteiger charge is -2.20. The van der Waals surface area contributed by atoms with Gasteiger partial charge in [0.05, 0.1) is 5.75 Å². The number of thioether (sulfide) groups is 1. The average Bonchev–Trinajstić information content (AvgIpc) is 2.97. The van der Waals surface area contributed by atoms with Gasteiger partial charge in [0.25, 0.3) is 0 Å². The van der Waals surface area contributed by atoms with Crippen LogP contribution in [0.15, 0.2) is 42.5 Å². The van der Waals surface area contributed by atoms with Gasteiger partial charge < -0.3 is 9.47 Å². The molecule has 0 bridgehead atoms. The summed E-state index contributed by atoms with van der Waals surface area (Å²) in [5.41, 5.74) is 3.14. The number of aryl methyl sites for hydroxylation is 1. The van der Waals surface area contributed by atoms with Crippen LogP contribution in [0.2, 0.25) is 0 Å². The van der Waals surface area contributed by atoms with Crippen molar-refractivity contribution in [2.45, 2.75) is 24.3 Å². The van der Waals surface area contributed by atoms with E-state index >= 15 is 0 Å². The highest BCUT2D eigenvalue weighted by Gasteiger charge is 2.28. The summed E-state index contributed by atoms with van der Waals surface area (Å²) in [6, 6.07) is 13.7. The lowest BCUT2D eigenvalue weighted by atomic mass is 10.1. The minimum Gasteiger partial charge on any atom is -0.454 e. The van der Waals surface area contributed by atoms with Crippen LogP contribution < -0.4 is 9.47 Å². The summed E-state index contributed by atoms with van der Waals surface area (Å²) < 4.78 is 38.2. The average molecular weight is 406 g/mol. The second-order valence-corrected chi connectivity index (χ2v) is 10.2. The molecule has 1 fully saturated rings. The van der Waals surface area contributed by atoms with E-state index in [4.69, 9.17) is 9.47 Å². The molecular weight excluding hydrogens is 382 g/mol. The van der Waals surface area contributed by atoms with Crippen molar-refractivity contribution >= 4 is 21.8 Å². The third kappa shape index (κ3) is 4.25. The standard InChI is InChI=1S/C20H23NO4S2/c1-15-2-4-16(5-3-15)13-27(22,23)21-9-8-20(26-11-10-21)17-6-7-18-19(12-17)25-14-24-18/h2-7,12,20H,8-11,13-14H2,1H3. The summed E-state index contributed by atoms with van der Waals surface area (Å²) in [4.78, 5) is 0. The van der Waals surface area contributed by atoms with E-state index in [0.717, 1.165) is 34.8 Å². The number of ether oxygens (including phenoxy) is 2. The van der Waals surface area contributed by atoms with Gasteiger partial charge in [-0.15, -0.1) is 0 Å². The van der Waals surface area contributed by atoms with Gasteiger partial charge in [-0.2, -0.15) is 11.8 Å². The van der Waals surface area contributed by atoms with E-state index in [1.807, 2.05) is 55.1 Å². The minimum atomic E-state index is -3.31. The second-order valence-electron chi connectivity index (χ2n) is 6.90. The molecule has 144 valence electrons. The molecule has 2 aromatic rings. The van der Waals surface area contributed by atoms with E-state index < -0.39 is 10.0 Å². The molecule has 2 aliphatic rings. The molecule has 2 aromatic carbocycles. The van der Waals surface area contributed by atoms with Gasteiger partial charge in [-0.1, -0.05) is 35.9 Å². The van der Waals surface area contributed by atoms with Crippen molar-refractivity contribution in [2.24, 2.45) is 0 Å². The van der Waals surface area contributed by atoms with Crippen LogP contribution in [0.25, 0.3) is 0 Å². The molecule has 5 nitrogen and oxygen atoms in total. The maximum atomic E-state index is 12.9. The van der Waals surface area contributed by atoms with E-state index in [1.54, 1.807) is 4.31 Å². The zero-order valence-corrected chi connectivity index (χ0v) is 16.9. The number of hydrogen-bond acceptors (Lipinski definition) is 5. The maximum absolute atomic E-state index is 12.9. The molecule has 2 aliphatic heterocycles. The summed E-state index contributed by atoms with van der Waals surface area (Å²) in [7, 11) is -3.31. The van der Waals surface area contributed by atoms with E-state index in [0.29, 0.717) is 13.1 Å². The van der Waals surface area contributed by atoms with Crippen LogP contribution in [0.5, 0.6) is 11.5 Å². The lowest BCUT2D eigenvalue weighted by molar-refractivity contribution is 0.174. The van der Waals surface area contributed by atoms with Crippen LogP contribution in [0.3, 0.4) is 0 Å². The Morgan fingerprint density at radius 3 is 2.67 bits per heavy atom. The highest BCUT2D eigenvalue weighted by Crippen LogP contribution is 2.40. The van der Waals surface area contributed by atoms with Crippen molar-refractivity contribution in [2.75, 3.05) is 25.6 Å². The molecule has 1 unspecified atom stereocenters. The molecule has 7 heteroatoms. The van der Waals surface area contributed by atoms with E-state index in [-0.39, 0.29) is 17.8 Å². The quantitative estimate of drug-likeness (QED) is 0.776. The fourth-order valence-electron chi connectivity index (χ4n) is 3.39. The van der Waals surface area contributed by atoms with Crippen molar-refractivity contribution in [3.8, 4) is 11.5 Å². The van der Waals surface area contributed by atoms with E-state index in [9.17, 15) is 8.42 Å². The molecule has 1 atom stereocenters. The molecule has 0 saturated carbocycles. The van der Waals surface area contributed by atoms with Crippen molar-refractivity contribution in [3.05, 3.63) is 59.2 Å². The zero-order valence-electron chi connectivity index (χ0n) is 15.3. The summed E-state index contributed by atoms with van der Waals surface area (Å²) in [5, 5.41) is 0.263. The van der Waals surface area contributed by atoms with Crippen LogP contribution in [0.4, 0.5) is 0 Å². The Morgan fingerprint density at radius 1 is 1.07 bits per heavy atom. The molecule has 0 spiro atoms. The Kier molecular flexibility index (Phi) is 5.34. The van der Waals surface area contributed by atoms with Gasteiger partial charge in [0, 0.05) is 24.1 Å². The maximum Gasteiger partial charge on any atom is 0.231 e. The molecule has 0 aliphatic carbocycles. The SMILES string of the molecule is Cc1ccc(CS(=O)(=O)N2CCSC(c3ccc4c(c3)OCO4)CC2)cc1. The predicted molar refractivity (Wildman–Crippen MR) is 108 cm³/mol. The first-order valence-electron chi connectivity index (χ1n) is 9.06. The third-order valence-corrected chi connectivity index (χ3v) is 8.11. The number of nitrogens with zero attached hydrogens (tertiary/aromatic N) is 1. The Hall–Kier alpha value is -1.70. The molecule has 0 radical (unpaired) electrons. The molecule has 0 amide bonds. The lowest BCUT2D eigenvalue weighted by Crippen LogP contribution is -2.34. The Balaban J connectivity index is 1.44. The van der Waals surface area contributed by atoms with Gasteiger partial charge in [-0.25, -0.2) is 12.7 Å². The molecule has 1 saturated heterocycles. The molecule has 27 heavy (non-hydrogen) atoms. The Labute approximate surface area is 164 Å². The van der Waals surface area contributed by atoms with Gasteiger partial charge in [0.2, 0.25) is 16.8 Å². The molecule has 0 N–H and O–H groups in total. The van der Waals surface area contributed by atoms with Crippen molar-refractivity contribution in [1.29, 1.82) is 0 Å². The van der Waals surface area contributed by atoms with Crippen LogP contribution in [0.1, 0.15) is 28.4 Å². The fraction of sp³-hybridized carbons (Fsp3) is 0.400. The first-order chi connectivity index (χ1) is 13.0. The highest BCUT2D eigenvalue weighted by molar-refractivity contribution is 7.99. The van der Waals surface area contributed by atoms with E-state index in [2.05, 4.69) is 6.07 Å². The highest BCUT2D eigenvalue weighted by atomic mass is 32.2. The smallest absolute Gasteiger partial charge is 0.231 e. The van der Waals surface area contributed by atoms with Crippen LogP contribution >= 0.6 is 11.8 Å². The van der Waals surface area contributed by atoms with Crippen molar-refractivity contribution in [3.63, 3.8) is 0 Å². The van der Waals surface area contributed by atoms with Gasteiger partial charge in [-0.3, -0.25) is 0 Å². The monoisotopic (exact) mass is 405 g/mol. The largest absolute Gasteiger partial charge is 0.454 e. The van der Waals surface area contributed by atoms with Gasteiger partial charge in [-0.05, 0) is 36.6 Å². The zero-order chi connectivity index (χ0) is 18.9. The minimum absolute atomic E-state index is 0.0621. The molecular formula is C20H23NO4S2.